The van der Waals surface area contributed by atoms with Crippen LogP contribution in [-0.2, 0) is 4.74 Å². The lowest BCUT2D eigenvalue weighted by Crippen LogP contribution is -2.33. The number of hydrogen-bond acceptors (Lipinski definition) is 6. The monoisotopic (exact) mass is 315 g/mol. The zero-order valence-corrected chi connectivity index (χ0v) is 12.0. The highest BCUT2D eigenvalue weighted by atomic mass is 79.9. The summed E-state index contributed by atoms with van der Waals surface area (Å²) in [5.74, 6) is 6.70. The van der Waals surface area contributed by atoms with Crippen molar-refractivity contribution in [3.63, 3.8) is 0 Å². The average molecular weight is 316 g/mol. The lowest BCUT2D eigenvalue weighted by atomic mass is 9.82. The fourth-order valence-corrected chi connectivity index (χ4v) is 2.39. The standard InChI is InChI=1S/C11H18BrN5O/c1-11(2-4-18-5-3-11)6-14-9-8(12)10(17-13)16-7-15-9/h7H,2-6,13H2,1H3,(H2,14,15,16,17). The summed E-state index contributed by atoms with van der Waals surface area (Å²) >= 11 is 3.43. The van der Waals surface area contributed by atoms with Crippen LogP contribution >= 0.6 is 15.9 Å². The third kappa shape index (κ3) is 3.09. The first-order valence-electron chi connectivity index (χ1n) is 5.93. The van der Waals surface area contributed by atoms with Crippen molar-refractivity contribution in [1.29, 1.82) is 0 Å². The molecule has 18 heavy (non-hydrogen) atoms. The minimum absolute atomic E-state index is 0.249. The molecule has 0 amide bonds. The number of nitrogens with two attached hydrogens (primary N) is 1. The van der Waals surface area contributed by atoms with Crippen molar-refractivity contribution in [2.24, 2.45) is 11.3 Å². The number of rotatable bonds is 4. The van der Waals surface area contributed by atoms with E-state index in [1.54, 1.807) is 0 Å². The Balaban J connectivity index is 2.01. The number of halogens is 1. The fraction of sp³-hybridized carbons (Fsp3) is 0.636. The molecule has 4 N–H and O–H groups in total. The van der Waals surface area contributed by atoms with E-state index < -0.39 is 0 Å². The molecule has 1 aromatic heterocycles. The lowest BCUT2D eigenvalue weighted by Gasteiger charge is -2.33. The zero-order valence-electron chi connectivity index (χ0n) is 10.4. The van der Waals surface area contributed by atoms with Crippen molar-refractivity contribution in [3.05, 3.63) is 10.8 Å². The average Bonchev–Trinajstić information content (AvgIpc) is 2.38. The quantitative estimate of drug-likeness (QED) is 0.580. The Morgan fingerprint density at radius 3 is 2.72 bits per heavy atom. The van der Waals surface area contributed by atoms with Gasteiger partial charge in [-0.2, -0.15) is 0 Å². The maximum absolute atomic E-state index is 5.39. The van der Waals surface area contributed by atoms with E-state index >= 15 is 0 Å². The van der Waals surface area contributed by atoms with Gasteiger partial charge in [-0.05, 0) is 34.2 Å². The van der Waals surface area contributed by atoms with Gasteiger partial charge >= 0.3 is 0 Å². The summed E-state index contributed by atoms with van der Waals surface area (Å²) in [6.45, 7) is 4.78. The van der Waals surface area contributed by atoms with E-state index in [1.807, 2.05) is 0 Å². The smallest absolute Gasteiger partial charge is 0.159 e. The highest BCUT2D eigenvalue weighted by Gasteiger charge is 2.27. The molecule has 6 nitrogen and oxygen atoms in total. The highest BCUT2D eigenvalue weighted by Crippen LogP contribution is 2.31. The Labute approximate surface area is 115 Å². The lowest BCUT2D eigenvalue weighted by molar-refractivity contribution is 0.0299. The van der Waals surface area contributed by atoms with Gasteiger partial charge in [-0.3, -0.25) is 0 Å². The molecule has 1 aliphatic heterocycles. The van der Waals surface area contributed by atoms with Crippen LogP contribution in [0.15, 0.2) is 10.8 Å². The molecule has 0 aromatic carbocycles. The van der Waals surface area contributed by atoms with Crippen LogP contribution in [0.25, 0.3) is 0 Å². The van der Waals surface area contributed by atoms with Crippen molar-refractivity contribution in [2.45, 2.75) is 19.8 Å². The van der Waals surface area contributed by atoms with Gasteiger partial charge in [0.05, 0.1) is 0 Å². The first kappa shape index (κ1) is 13.5. The SMILES string of the molecule is CC1(CNc2ncnc(NN)c2Br)CCOCC1. The second kappa shape index (κ2) is 5.81. The number of anilines is 2. The molecule has 0 spiro atoms. The molecule has 1 fully saturated rings. The number of nitrogens with zero attached hydrogens (tertiary/aromatic N) is 2. The molecule has 0 bridgehead atoms. The van der Waals surface area contributed by atoms with Crippen molar-refractivity contribution in [2.75, 3.05) is 30.5 Å². The summed E-state index contributed by atoms with van der Waals surface area (Å²) in [6.07, 6.45) is 3.60. The van der Waals surface area contributed by atoms with E-state index in [4.69, 9.17) is 10.6 Å². The third-order valence-electron chi connectivity index (χ3n) is 3.31. The van der Waals surface area contributed by atoms with Crippen molar-refractivity contribution < 1.29 is 4.74 Å². The minimum Gasteiger partial charge on any atom is -0.381 e. The van der Waals surface area contributed by atoms with E-state index in [0.717, 1.165) is 42.9 Å². The van der Waals surface area contributed by atoms with Crippen LogP contribution in [0.2, 0.25) is 0 Å². The Bertz CT molecular complexity index is 408. The van der Waals surface area contributed by atoms with E-state index in [1.165, 1.54) is 6.33 Å². The second-order valence-electron chi connectivity index (χ2n) is 4.81. The number of nitrogen functional groups attached to an aromatic ring is 1. The molecule has 1 saturated heterocycles. The van der Waals surface area contributed by atoms with Crippen molar-refractivity contribution in [1.82, 2.24) is 9.97 Å². The summed E-state index contributed by atoms with van der Waals surface area (Å²) in [4.78, 5) is 8.22. The molecule has 0 atom stereocenters. The summed E-state index contributed by atoms with van der Waals surface area (Å²) in [6, 6.07) is 0. The van der Waals surface area contributed by atoms with Gasteiger partial charge < -0.3 is 15.5 Å². The number of aromatic nitrogens is 2. The second-order valence-corrected chi connectivity index (χ2v) is 5.60. The molecule has 100 valence electrons. The van der Waals surface area contributed by atoms with Crippen molar-refractivity contribution >= 4 is 27.6 Å². The van der Waals surface area contributed by atoms with Gasteiger partial charge in [0.25, 0.3) is 0 Å². The van der Waals surface area contributed by atoms with Gasteiger partial charge in [0, 0.05) is 19.8 Å². The van der Waals surface area contributed by atoms with Gasteiger partial charge in [-0.1, -0.05) is 6.92 Å². The Hall–Kier alpha value is -0.920. The summed E-state index contributed by atoms with van der Waals surface area (Å²) in [5, 5.41) is 3.35. The van der Waals surface area contributed by atoms with E-state index in [-0.39, 0.29) is 5.41 Å². The molecular formula is C11H18BrN5O. The maximum Gasteiger partial charge on any atom is 0.159 e. The molecule has 0 saturated carbocycles. The molecule has 1 aliphatic rings. The number of hydrogen-bond donors (Lipinski definition) is 3. The normalized spacial score (nSPS) is 18.4. The zero-order chi connectivity index (χ0) is 13.0. The van der Waals surface area contributed by atoms with Crippen LogP contribution in [-0.4, -0.2) is 29.7 Å². The maximum atomic E-state index is 5.39. The number of ether oxygens (including phenoxy) is 1. The van der Waals surface area contributed by atoms with E-state index in [0.29, 0.717) is 5.82 Å². The van der Waals surface area contributed by atoms with E-state index in [2.05, 4.69) is 43.6 Å². The summed E-state index contributed by atoms with van der Waals surface area (Å²) in [5.41, 5.74) is 2.77. The van der Waals surface area contributed by atoms with Gasteiger partial charge in [0.1, 0.15) is 16.6 Å². The Morgan fingerprint density at radius 1 is 1.39 bits per heavy atom. The predicted octanol–water partition coefficient (Wildman–Crippen LogP) is 1.75. The Morgan fingerprint density at radius 2 is 2.06 bits per heavy atom. The first-order chi connectivity index (χ1) is 8.64. The molecular weight excluding hydrogens is 298 g/mol. The topological polar surface area (TPSA) is 85.1 Å². The first-order valence-corrected chi connectivity index (χ1v) is 6.73. The minimum atomic E-state index is 0.249. The highest BCUT2D eigenvalue weighted by molar-refractivity contribution is 9.10. The van der Waals surface area contributed by atoms with Crippen LogP contribution in [0.5, 0.6) is 0 Å². The molecule has 0 radical (unpaired) electrons. The van der Waals surface area contributed by atoms with Gasteiger partial charge in [0.2, 0.25) is 0 Å². The molecule has 7 heteroatoms. The molecule has 2 rings (SSSR count). The summed E-state index contributed by atoms with van der Waals surface area (Å²) in [7, 11) is 0. The van der Waals surface area contributed by atoms with Crippen LogP contribution in [0.3, 0.4) is 0 Å². The predicted molar refractivity (Wildman–Crippen MR) is 74.2 cm³/mol. The van der Waals surface area contributed by atoms with Gasteiger partial charge in [-0.25, -0.2) is 15.8 Å². The Kier molecular flexibility index (Phi) is 4.36. The van der Waals surface area contributed by atoms with E-state index in [9.17, 15) is 0 Å². The number of nitrogens with one attached hydrogen (secondary N) is 2. The molecule has 1 aromatic rings. The van der Waals surface area contributed by atoms with Crippen molar-refractivity contribution in [3.8, 4) is 0 Å². The summed E-state index contributed by atoms with van der Waals surface area (Å²) < 4.78 is 6.14. The fourth-order valence-electron chi connectivity index (χ4n) is 1.93. The van der Waals surface area contributed by atoms with Crippen LogP contribution < -0.4 is 16.6 Å². The largest absolute Gasteiger partial charge is 0.381 e. The molecule has 0 aliphatic carbocycles. The van der Waals surface area contributed by atoms with Gasteiger partial charge in [-0.15, -0.1) is 0 Å². The molecule has 2 heterocycles. The van der Waals surface area contributed by atoms with Crippen LogP contribution in [0, 0.1) is 5.41 Å². The van der Waals surface area contributed by atoms with Gasteiger partial charge in [0.15, 0.2) is 5.82 Å². The van der Waals surface area contributed by atoms with Crippen LogP contribution in [0.1, 0.15) is 19.8 Å². The van der Waals surface area contributed by atoms with Crippen LogP contribution in [0.4, 0.5) is 11.6 Å². The molecule has 0 unspecified atom stereocenters. The third-order valence-corrected chi connectivity index (χ3v) is 4.06. The number of hydrazine groups is 1.